The molecule has 28 heteroatoms. The minimum Gasteiger partial charge on any atom is -0.462 e. The number of hydrogen-bond acceptors (Lipinski definition) is 12. The van der Waals surface area contributed by atoms with Gasteiger partial charge in [0.05, 0.1) is 44.1 Å². The van der Waals surface area contributed by atoms with Crippen molar-refractivity contribution in [1.82, 2.24) is 0 Å². The van der Waals surface area contributed by atoms with Gasteiger partial charge < -0.3 is 39.7 Å². The van der Waals surface area contributed by atoms with Crippen LogP contribution in [0.4, 0.5) is 70.2 Å². The van der Waals surface area contributed by atoms with Gasteiger partial charge in [0.15, 0.2) is 22.4 Å². The smallest absolute Gasteiger partial charge is 0.421 e. The Kier molecular flexibility index (Phi) is 62.3. The van der Waals surface area contributed by atoms with Crippen molar-refractivity contribution in [3.63, 3.8) is 0 Å². The highest BCUT2D eigenvalue weighted by atomic mass is 19.4. The Labute approximate surface area is 598 Å². The van der Waals surface area contributed by atoms with Crippen LogP contribution in [0.25, 0.3) is 0 Å². The number of benzene rings is 1. The fourth-order valence-corrected chi connectivity index (χ4v) is 11.0. The number of alkyl halides is 16. The van der Waals surface area contributed by atoms with E-state index in [9.17, 15) is 105 Å². The van der Waals surface area contributed by atoms with Gasteiger partial charge in [-0.25, -0.2) is 8.78 Å². The van der Waals surface area contributed by atoms with Gasteiger partial charge >= 0.3 is 48.6 Å². The third-order valence-electron chi connectivity index (χ3n) is 19.3. The van der Waals surface area contributed by atoms with E-state index in [-0.39, 0.29) is 145 Å². The molecule has 0 aromatic heterocycles. The summed E-state index contributed by atoms with van der Waals surface area (Å²) in [5.41, 5.74) is -9.48. The Morgan fingerprint density at radius 1 is 0.545 bits per heavy atom. The summed E-state index contributed by atoms with van der Waals surface area (Å²) in [5.74, 6) is -0.401. The average Bonchev–Trinajstić information content (AvgIpc) is 1.61. The van der Waals surface area contributed by atoms with E-state index in [1.165, 1.54) is 26.0 Å². The van der Waals surface area contributed by atoms with E-state index < -0.39 is 77.8 Å². The number of aliphatic hydroxyl groups excluding tert-OH is 1. The van der Waals surface area contributed by atoms with Gasteiger partial charge in [0, 0.05) is 0 Å². The molecule has 4 aliphatic carbocycles. The fraction of sp³-hybridized carbons (Fsp3) is 0.863. The maximum absolute atomic E-state index is 12.8. The molecule has 614 valence electrons. The molecule has 6 fully saturated rings. The molecule has 12 nitrogen and oxygen atoms in total. The maximum atomic E-state index is 12.8. The van der Waals surface area contributed by atoms with E-state index >= 15 is 0 Å². The van der Waals surface area contributed by atoms with Crippen LogP contribution in [0.2, 0.25) is 0 Å². The number of halogens is 16. The number of esters is 4. The highest BCUT2D eigenvalue weighted by Crippen LogP contribution is 2.61. The van der Waals surface area contributed by atoms with Crippen LogP contribution in [0.15, 0.2) is 24.3 Å². The summed E-state index contributed by atoms with van der Waals surface area (Å²) in [6.07, 6.45) is -13.5. The molecule has 0 spiro atoms. The third-order valence-corrected chi connectivity index (χ3v) is 19.3. The SMILES string of the molecule is C.C.C.C.C.C.C.C.CC1C(=O)OC(=O)C1C.CC1C2CC(C1C)C(C(C)(O)C(F)(F)F)C2.CC1C2CC(C1C)C(C(C)(O)C(F)(F)F)C2.CCC(C)(O)C(F)(F)F.CCC(C)C(=O)OC1COC(=O)C1.CCC(C)O.CCC(C)c1ccc(C(C)(O)C(F)(F)F)cc1.CCF.CF.FCF. The second-order valence-corrected chi connectivity index (χ2v) is 25.6. The van der Waals surface area contributed by atoms with E-state index in [2.05, 4.69) is 23.3 Å². The zero-order valence-electron chi connectivity index (χ0n) is 57.2. The van der Waals surface area contributed by atoms with Gasteiger partial charge in [0.25, 0.3) is 0 Å². The predicted molar refractivity (Wildman–Crippen MR) is 373 cm³/mol. The van der Waals surface area contributed by atoms with Crippen molar-refractivity contribution in [2.45, 2.75) is 307 Å². The predicted octanol–water partition coefficient (Wildman–Crippen LogP) is 21.7. The molecule has 5 N–H and O–H groups in total. The van der Waals surface area contributed by atoms with Crippen molar-refractivity contribution in [1.29, 1.82) is 0 Å². The number of fused-ring (bicyclic) bond motifs is 4. The molecule has 2 saturated heterocycles. The quantitative estimate of drug-likeness (QED) is 0.0644. The molecule has 4 saturated carbocycles. The molecule has 4 bridgehead atoms. The van der Waals surface area contributed by atoms with Crippen LogP contribution in [0.3, 0.4) is 0 Å². The lowest BCUT2D eigenvalue weighted by Crippen LogP contribution is -2.51. The highest BCUT2D eigenvalue weighted by Gasteiger charge is 2.64. The minimum atomic E-state index is -4.66. The van der Waals surface area contributed by atoms with Crippen molar-refractivity contribution in [3.05, 3.63) is 35.4 Å². The maximum Gasteiger partial charge on any atom is 0.421 e. The zero-order chi connectivity index (χ0) is 74.1. The number of rotatable bonds is 10. The van der Waals surface area contributed by atoms with Crippen LogP contribution in [0.1, 0.15) is 259 Å². The molecule has 101 heavy (non-hydrogen) atoms. The summed E-state index contributed by atoms with van der Waals surface area (Å²) in [6, 6.07) is 5.97. The van der Waals surface area contributed by atoms with Gasteiger partial charge in [0.2, 0.25) is 6.93 Å². The van der Waals surface area contributed by atoms with E-state index in [4.69, 9.17) is 14.9 Å². The molecule has 7 rings (SSSR count). The monoisotopic (exact) mass is 1510 g/mol. The molecule has 2 aliphatic heterocycles. The van der Waals surface area contributed by atoms with E-state index in [1.807, 2.05) is 41.5 Å². The van der Waals surface area contributed by atoms with Gasteiger partial charge in [-0.15, -0.1) is 0 Å². The summed E-state index contributed by atoms with van der Waals surface area (Å²) in [5, 5.41) is 45.9. The molecule has 6 aliphatic rings. The molecule has 0 amide bonds. The van der Waals surface area contributed by atoms with Crippen molar-refractivity contribution in [3.8, 4) is 0 Å². The average molecular weight is 1510 g/mol. The van der Waals surface area contributed by atoms with Crippen LogP contribution in [-0.2, 0) is 39.0 Å². The fourth-order valence-electron chi connectivity index (χ4n) is 11.0. The molecular weight excluding hydrogens is 1370 g/mol. The summed E-state index contributed by atoms with van der Waals surface area (Å²) in [7, 11) is 0.500. The number of carbonyl (C=O) groups excluding carboxylic acids is 4. The Bertz CT molecular complexity index is 2210. The highest BCUT2D eigenvalue weighted by molar-refractivity contribution is 5.95. The Morgan fingerprint density at radius 3 is 1.06 bits per heavy atom. The molecule has 1 aromatic rings. The van der Waals surface area contributed by atoms with E-state index in [1.54, 1.807) is 39.8 Å². The summed E-state index contributed by atoms with van der Waals surface area (Å²) in [4.78, 5) is 43.0. The Balaban J connectivity index is -0.000000103. The van der Waals surface area contributed by atoms with Gasteiger partial charge in [0.1, 0.15) is 12.7 Å². The number of hydrogen-bond donors (Lipinski definition) is 5. The van der Waals surface area contributed by atoms with Crippen LogP contribution in [-0.4, -0.2) is 131 Å². The van der Waals surface area contributed by atoms with Crippen LogP contribution < -0.4 is 0 Å². The van der Waals surface area contributed by atoms with Gasteiger partial charge in [-0.05, 0) is 169 Å². The van der Waals surface area contributed by atoms with Gasteiger partial charge in [-0.3, -0.25) is 28.0 Å². The molecule has 0 radical (unpaired) electrons. The lowest BCUT2D eigenvalue weighted by Gasteiger charge is -2.41. The number of aliphatic hydroxyl groups is 5. The number of cyclic esters (lactones) is 3. The second-order valence-electron chi connectivity index (χ2n) is 25.6. The summed E-state index contributed by atoms with van der Waals surface area (Å²) in [6.45, 7) is 27.5. The minimum absolute atomic E-state index is 0. The first-order valence-electron chi connectivity index (χ1n) is 31.3. The largest absolute Gasteiger partial charge is 0.462 e. The van der Waals surface area contributed by atoms with Crippen molar-refractivity contribution in [2.24, 2.45) is 76.9 Å². The van der Waals surface area contributed by atoms with E-state index in [0.29, 0.717) is 61.4 Å². The lowest BCUT2D eigenvalue weighted by atomic mass is 9.69. The first-order chi connectivity index (χ1) is 42.2. The molecule has 20 unspecified atom stereocenters. The summed E-state index contributed by atoms with van der Waals surface area (Å²) < 4.78 is 202. The van der Waals surface area contributed by atoms with Gasteiger partial charge in [-0.2, -0.15) is 52.7 Å². The van der Waals surface area contributed by atoms with E-state index in [0.717, 1.165) is 65.4 Å². The molecule has 20 atom stereocenters. The normalized spacial score (nSPS) is 26.9. The number of ether oxygens (including phenoxy) is 3. The lowest BCUT2D eigenvalue weighted by molar-refractivity contribution is -0.279. The van der Waals surface area contributed by atoms with Crippen molar-refractivity contribution < 1.29 is 129 Å². The van der Waals surface area contributed by atoms with Crippen molar-refractivity contribution in [2.75, 3.05) is 27.4 Å². The first-order valence-corrected chi connectivity index (χ1v) is 31.3. The second kappa shape index (κ2) is 52.0. The first kappa shape index (κ1) is 121. The van der Waals surface area contributed by atoms with Gasteiger partial charge in [-0.1, -0.05) is 167 Å². The molecular formula is C73H138F16O12. The number of carbonyl (C=O) groups is 4. The zero-order valence-corrected chi connectivity index (χ0v) is 57.2. The summed E-state index contributed by atoms with van der Waals surface area (Å²) >= 11 is 0. The Morgan fingerprint density at radius 2 is 0.871 bits per heavy atom. The van der Waals surface area contributed by atoms with Crippen molar-refractivity contribution >= 4 is 23.9 Å². The standard InChI is InChI=1S/C13H17F3O.2C12H19F3O.C9H14O4.C6H8O3.C5H9F3O.C4H10O.C2H5F.CH2F2.CH3F.8CH4/c1-4-9(2)10-5-7-11(8-6-10)12(3,17)13(14,15)16;2*1-6-7(2)9-4-8(6)5-10(9)11(3,16)12(13,14)15;1-3-6(2)9(11)13-7-4-8(10)12-5-7;1-3-4(2)6(8)9-5(3)7;1-3-4(2,9)5(6,7)8;1-3-4(2)5;1-2-3;2-1-3;1-2;;;;;;;;/h5-9,17H,4H2,1-3H3;2*6-10,16H,4-5H2,1-3H3;6-7H,3-5H2,1-2H3;3-4H,1-2H3;9H,3H2,1-2H3;4-5H,3H2,1-2H3;2H2,1H3;1H2;1H3;8*1H4. The molecule has 2 heterocycles. The van der Waals surface area contributed by atoms with Crippen LogP contribution in [0, 0.1) is 76.9 Å². The van der Waals surface area contributed by atoms with Crippen LogP contribution in [0.5, 0.6) is 0 Å². The molecule has 1 aromatic carbocycles. The third kappa shape index (κ3) is 35.8. The Hall–Kier alpha value is -4.02. The topological polar surface area (TPSA) is 197 Å². The van der Waals surface area contributed by atoms with Crippen LogP contribution >= 0.6 is 0 Å².